The second kappa shape index (κ2) is 7.85. The lowest BCUT2D eigenvalue weighted by molar-refractivity contribution is -0.136. The van der Waals surface area contributed by atoms with Crippen molar-refractivity contribution >= 4 is 17.7 Å². The van der Waals surface area contributed by atoms with Crippen molar-refractivity contribution in [3.8, 4) is 0 Å². The molecule has 2 rings (SSSR count). The minimum absolute atomic E-state index is 0.104. The third-order valence-corrected chi connectivity index (χ3v) is 5.25. The molecule has 1 aliphatic rings. The quantitative estimate of drug-likeness (QED) is 0.655. The van der Waals surface area contributed by atoms with Crippen molar-refractivity contribution in [1.82, 2.24) is 9.88 Å². The summed E-state index contributed by atoms with van der Waals surface area (Å²) in [7, 11) is 1.77. The molecule has 138 valence electrons. The van der Waals surface area contributed by atoms with Crippen LogP contribution in [-0.2, 0) is 9.53 Å². The Labute approximate surface area is 148 Å². The molecule has 0 unspecified atom stereocenters. The number of carbonyl (C=O) groups excluding carboxylic acids is 3. The molecule has 6 nitrogen and oxygen atoms in total. The van der Waals surface area contributed by atoms with Gasteiger partial charge in [0.1, 0.15) is 5.69 Å². The predicted molar refractivity (Wildman–Crippen MR) is 94.7 cm³/mol. The van der Waals surface area contributed by atoms with Crippen LogP contribution in [0, 0.1) is 19.8 Å². The number of aryl methyl sites for hydroxylation is 1. The van der Waals surface area contributed by atoms with Gasteiger partial charge in [-0.1, -0.05) is 6.92 Å². The summed E-state index contributed by atoms with van der Waals surface area (Å²) in [6.45, 7) is 6.85. The van der Waals surface area contributed by atoms with Crippen molar-refractivity contribution in [1.29, 1.82) is 0 Å². The smallest absolute Gasteiger partial charge is 0.355 e. The van der Waals surface area contributed by atoms with E-state index in [0.717, 1.165) is 25.7 Å². The van der Waals surface area contributed by atoms with Crippen LogP contribution >= 0.6 is 0 Å². The van der Waals surface area contributed by atoms with Gasteiger partial charge < -0.3 is 14.6 Å². The number of likely N-dealkylation sites (N-methyl/N-ethyl adjacent to an activating group) is 1. The number of H-pyrrole nitrogens is 1. The third kappa shape index (κ3) is 4.30. The summed E-state index contributed by atoms with van der Waals surface area (Å²) in [6, 6.07) is 0.223. The fourth-order valence-corrected chi connectivity index (χ4v) is 3.62. The second-order valence-electron chi connectivity index (χ2n) is 7.18. The average molecular weight is 348 g/mol. The molecular weight excluding hydrogens is 320 g/mol. The summed E-state index contributed by atoms with van der Waals surface area (Å²) in [5.74, 6) is -0.187. The molecular formula is C19H28N2O4. The number of ether oxygens (including phenoxy) is 1. The Balaban J connectivity index is 1.94. The van der Waals surface area contributed by atoms with E-state index in [-0.39, 0.29) is 30.0 Å². The summed E-state index contributed by atoms with van der Waals surface area (Å²) >= 11 is 0. The predicted octanol–water partition coefficient (Wildman–Crippen LogP) is 3.03. The van der Waals surface area contributed by atoms with E-state index in [9.17, 15) is 14.4 Å². The molecule has 1 saturated carbocycles. The number of ketones is 1. The zero-order valence-corrected chi connectivity index (χ0v) is 15.8. The number of aromatic nitrogens is 1. The van der Waals surface area contributed by atoms with Gasteiger partial charge >= 0.3 is 5.97 Å². The van der Waals surface area contributed by atoms with E-state index >= 15 is 0 Å². The van der Waals surface area contributed by atoms with Gasteiger partial charge in [0, 0.05) is 24.3 Å². The zero-order valence-electron chi connectivity index (χ0n) is 15.8. The molecule has 0 radical (unpaired) electrons. The molecule has 0 aromatic carbocycles. The van der Waals surface area contributed by atoms with Crippen LogP contribution < -0.4 is 0 Å². The van der Waals surface area contributed by atoms with Crippen molar-refractivity contribution in [3.05, 3.63) is 22.5 Å². The van der Waals surface area contributed by atoms with Gasteiger partial charge in [-0.05, 0) is 57.9 Å². The minimum atomic E-state index is -0.605. The van der Waals surface area contributed by atoms with Gasteiger partial charge in [-0.25, -0.2) is 4.79 Å². The van der Waals surface area contributed by atoms with E-state index in [1.54, 1.807) is 25.8 Å². The van der Waals surface area contributed by atoms with Gasteiger partial charge in [0.2, 0.25) is 0 Å². The van der Waals surface area contributed by atoms with Crippen molar-refractivity contribution < 1.29 is 19.1 Å². The van der Waals surface area contributed by atoms with Gasteiger partial charge in [-0.15, -0.1) is 0 Å². The maximum absolute atomic E-state index is 12.3. The summed E-state index contributed by atoms with van der Waals surface area (Å²) in [4.78, 5) is 40.8. The van der Waals surface area contributed by atoms with E-state index in [1.807, 2.05) is 0 Å². The lowest BCUT2D eigenvalue weighted by atomic mass is 9.87. The number of hydrogen-bond donors (Lipinski definition) is 1. The highest BCUT2D eigenvalue weighted by Gasteiger charge is 2.26. The standard InChI is InChI=1S/C19H28N2O4/c1-11-6-8-15(9-7-11)21(5)16(23)10-25-19(24)18-12(2)17(14(4)22)13(3)20-18/h11,15,20H,6-10H2,1-5H3. The molecule has 6 heteroatoms. The fourth-order valence-electron chi connectivity index (χ4n) is 3.62. The summed E-state index contributed by atoms with van der Waals surface area (Å²) in [5.41, 5.74) is 1.95. The lowest BCUT2D eigenvalue weighted by Crippen LogP contribution is -2.41. The molecule has 1 fully saturated rings. The number of aromatic amines is 1. The highest BCUT2D eigenvalue weighted by atomic mass is 16.5. The number of Topliss-reactive ketones (excluding diaryl/α,β-unsaturated/α-hetero) is 1. The molecule has 1 aromatic heterocycles. The minimum Gasteiger partial charge on any atom is -0.451 e. The van der Waals surface area contributed by atoms with E-state index in [4.69, 9.17) is 4.74 Å². The van der Waals surface area contributed by atoms with Gasteiger partial charge in [-0.2, -0.15) is 0 Å². The Morgan fingerprint density at radius 1 is 1.16 bits per heavy atom. The first-order valence-corrected chi connectivity index (χ1v) is 8.85. The van der Waals surface area contributed by atoms with Crippen LogP contribution in [0.2, 0.25) is 0 Å². The van der Waals surface area contributed by atoms with Crippen LogP contribution in [0.1, 0.15) is 71.6 Å². The van der Waals surface area contributed by atoms with Crippen LogP contribution in [0.25, 0.3) is 0 Å². The molecule has 0 atom stereocenters. The van der Waals surface area contributed by atoms with Crippen LogP contribution in [0.5, 0.6) is 0 Å². The fraction of sp³-hybridized carbons (Fsp3) is 0.632. The molecule has 0 spiro atoms. The number of rotatable bonds is 5. The Morgan fingerprint density at radius 2 is 1.76 bits per heavy atom. The molecule has 1 aromatic rings. The molecule has 0 aliphatic heterocycles. The number of carbonyl (C=O) groups is 3. The van der Waals surface area contributed by atoms with E-state index in [0.29, 0.717) is 22.7 Å². The summed E-state index contributed by atoms with van der Waals surface area (Å²) < 4.78 is 5.18. The largest absolute Gasteiger partial charge is 0.451 e. The molecule has 0 saturated heterocycles. The van der Waals surface area contributed by atoms with Crippen LogP contribution in [-0.4, -0.2) is 47.2 Å². The van der Waals surface area contributed by atoms with E-state index in [2.05, 4.69) is 11.9 Å². The van der Waals surface area contributed by atoms with Crippen LogP contribution in [0.15, 0.2) is 0 Å². The van der Waals surface area contributed by atoms with Crippen molar-refractivity contribution in [2.24, 2.45) is 5.92 Å². The SMILES string of the molecule is CC(=O)c1c(C)[nH]c(C(=O)OCC(=O)N(C)C2CCC(C)CC2)c1C. The first-order chi connectivity index (χ1) is 11.7. The summed E-state index contributed by atoms with van der Waals surface area (Å²) in [5, 5.41) is 0. The highest BCUT2D eigenvalue weighted by molar-refractivity contribution is 6.01. The van der Waals surface area contributed by atoms with E-state index in [1.165, 1.54) is 6.92 Å². The van der Waals surface area contributed by atoms with Gasteiger partial charge in [0.15, 0.2) is 12.4 Å². The van der Waals surface area contributed by atoms with Crippen molar-refractivity contribution in [2.75, 3.05) is 13.7 Å². The van der Waals surface area contributed by atoms with Gasteiger partial charge in [-0.3, -0.25) is 9.59 Å². The third-order valence-electron chi connectivity index (χ3n) is 5.25. The lowest BCUT2D eigenvalue weighted by Gasteiger charge is -2.33. The normalized spacial score (nSPS) is 20.2. The highest BCUT2D eigenvalue weighted by Crippen LogP contribution is 2.26. The maximum atomic E-state index is 12.3. The molecule has 1 heterocycles. The Morgan fingerprint density at radius 3 is 2.28 bits per heavy atom. The number of esters is 1. The number of amides is 1. The zero-order chi connectivity index (χ0) is 18.7. The van der Waals surface area contributed by atoms with Crippen molar-refractivity contribution in [3.63, 3.8) is 0 Å². The molecule has 1 amide bonds. The summed E-state index contributed by atoms with van der Waals surface area (Å²) in [6.07, 6.45) is 4.23. The van der Waals surface area contributed by atoms with Crippen LogP contribution in [0.3, 0.4) is 0 Å². The molecule has 1 aliphatic carbocycles. The topological polar surface area (TPSA) is 79.5 Å². The number of nitrogens with one attached hydrogen (secondary N) is 1. The number of hydrogen-bond acceptors (Lipinski definition) is 4. The molecule has 1 N–H and O–H groups in total. The van der Waals surface area contributed by atoms with E-state index < -0.39 is 5.97 Å². The van der Waals surface area contributed by atoms with Crippen molar-refractivity contribution in [2.45, 2.75) is 59.4 Å². The monoisotopic (exact) mass is 348 g/mol. The number of nitrogens with zero attached hydrogens (tertiary/aromatic N) is 1. The first-order valence-electron chi connectivity index (χ1n) is 8.85. The average Bonchev–Trinajstić information content (AvgIpc) is 2.87. The van der Waals surface area contributed by atoms with Crippen LogP contribution in [0.4, 0.5) is 0 Å². The van der Waals surface area contributed by atoms with Gasteiger partial charge in [0.25, 0.3) is 5.91 Å². The first kappa shape index (κ1) is 19.2. The Hall–Kier alpha value is -2.11. The maximum Gasteiger partial charge on any atom is 0.355 e. The van der Waals surface area contributed by atoms with Gasteiger partial charge in [0.05, 0.1) is 0 Å². The Bertz CT molecular complexity index is 669. The molecule has 0 bridgehead atoms. The molecule has 25 heavy (non-hydrogen) atoms. The second-order valence-corrected chi connectivity index (χ2v) is 7.18. The Kier molecular flexibility index (Phi) is 6.03.